The first kappa shape index (κ1) is 12.1. The summed E-state index contributed by atoms with van der Waals surface area (Å²) in [6.07, 6.45) is 8.94. The van der Waals surface area contributed by atoms with E-state index in [-0.39, 0.29) is 5.78 Å². The van der Waals surface area contributed by atoms with Crippen molar-refractivity contribution in [1.29, 1.82) is 0 Å². The molecule has 0 fully saturated rings. The van der Waals surface area contributed by atoms with Crippen LogP contribution < -0.4 is 0 Å². The molecule has 1 aromatic carbocycles. The Morgan fingerprint density at radius 1 is 1.06 bits per heavy atom. The fraction of sp³-hybridized carbons (Fsp3) is 0.143. The summed E-state index contributed by atoms with van der Waals surface area (Å²) >= 11 is 0. The Kier molecular flexibility index (Phi) is 5.56. The van der Waals surface area contributed by atoms with Crippen LogP contribution in [0.1, 0.15) is 23.2 Å². The monoisotopic (exact) mass is 214 g/mol. The smallest absolute Gasteiger partial charge is 0.185 e. The number of allylic oxidation sites excluding steroid dienone is 4. The molecule has 82 valence electrons. The van der Waals surface area contributed by atoms with Crippen molar-refractivity contribution >= 4 is 12.1 Å². The van der Waals surface area contributed by atoms with E-state index in [0.29, 0.717) is 5.56 Å². The molecule has 0 bridgehead atoms. The van der Waals surface area contributed by atoms with Crippen LogP contribution in [0.2, 0.25) is 0 Å². The van der Waals surface area contributed by atoms with Crippen LogP contribution in [0.15, 0.2) is 54.6 Å². The molecule has 1 aromatic rings. The first-order valence-corrected chi connectivity index (χ1v) is 5.21. The highest BCUT2D eigenvalue weighted by atomic mass is 16.1. The van der Waals surface area contributed by atoms with Crippen molar-refractivity contribution in [2.24, 2.45) is 0 Å². The third-order valence-electron chi connectivity index (χ3n) is 2.04. The van der Waals surface area contributed by atoms with Crippen LogP contribution in [0.3, 0.4) is 0 Å². The van der Waals surface area contributed by atoms with E-state index in [1.165, 1.54) is 6.08 Å². The Morgan fingerprint density at radius 2 is 1.75 bits per heavy atom. The first-order chi connectivity index (χ1) is 7.84. The molecule has 0 radical (unpaired) electrons. The molecule has 0 aliphatic heterocycles. The number of rotatable bonds is 6. The molecule has 2 heteroatoms. The Balaban J connectivity index is 2.37. The van der Waals surface area contributed by atoms with Gasteiger partial charge in [0.15, 0.2) is 5.78 Å². The number of ketones is 1. The van der Waals surface area contributed by atoms with Gasteiger partial charge in [0.05, 0.1) is 0 Å². The first-order valence-electron chi connectivity index (χ1n) is 5.21. The van der Waals surface area contributed by atoms with E-state index < -0.39 is 0 Å². The van der Waals surface area contributed by atoms with Crippen molar-refractivity contribution in [3.8, 4) is 0 Å². The lowest BCUT2D eigenvalue weighted by atomic mass is 10.1. The van der Waals surface area contributed by atoms with E-state index >= 15 is 0 Å². The zero-order valence-electron chi connectivity index (χ0n) is 9.00. The van der Waals surface area contributed by atoms with Crippen molar-refractivity contribution in [2.75, 3.05) is 0 Å². The fourth-order valence-electron chi connectivity index (χ4n) is 1.23. The molecular formula is C14H14O2. The summed E-state index contributed by atoms with van der Waals surface area (Å²) in [5, 5.41) is 0. The third kappa shape index (κ3) is 4.51. The molecule has 0 spiro atoms. The minimum Gasteiger partial charge on any atom is -0.299 e. The van der Waals surface area contributed by atoms with Crippen molar-refractivity contribution in [1.82, 2.24) is 0 Å². The van der Waals surface area contributed by atoms with Crippen molar-refractivity contribution < 1.29 is 9.59 Å². The molecular weight excluding hydrogens is 200 g/mol. The molecule has 0 unspecified atom stereocenters. The van der Waals surface area contributed by atoms with Crippen LogP contribution in [0, 0.1) is 0 Å². The highest BCUT2D eigenvalue weighted by Gasteiger charge is 1.97. The zero-order chi connectivity index (χ0) is 11.6. The molecule has 0 saturated carbocycles. The molecule has 0 aliphatic carbocycles. The van der Waals surface area contributed by atoms with Crippen molar-refractivity contribution in [3.05, 3.63) is 60.2 Å². The second-order valence-corrected chi connectivity index (χ2v) is 3.27. The van der Waals surface area contributed by atoms with Crippen molar-refractivity contribution in [2.45, 2.75) is 12.8 Å². The van der Waals surface area contributed by atoms with E-state index in [4.69, 9.17) is 0 Å². The van der Waals surface area contributed by atoms with Crippen molar-refractivity contribution in [3.63, 3.8) is 0 Å². The average molecular weight is 214 g/mol. The Morgan fingerprint density at radius 3 is 2.44 bits per heavy atom. The van der Waals surface area contributed by atoms with Gasteiger partial charge in [-0.05, 0) is 25.0 Å². The van der Waals surface area contributed by atoms with Gasteiger partial charge in [0.25, 0.3) is 0 Å². The van der Waals surface area contributed by atoms with Gasteiger partial charge in [-0.15, -0.1) is 0 Å². The van der Waals surface area contributed by atoms with Crippen LogP contribution in [-0.4, -0.2) is 12.1 Å². The van der Waals surface area contributed by atoms with E-state index in [2.05, 4.69) is 0 Å². The summed E-state index contributed by atoms with van der Waals surface area (Å²) in [6.45, 7) is 0. The Hall–Kier alpha value is -1.96. The third-order valence-corrected chi connectivity index (χ3v) is 2.04. The van der Waals surface area contributed by atoms with Crippen LogP contribution in [0.5, 0.6) is 0 Å². The normalized spacial score (nSPS) is 11.0. The predicted molar refractivity (Wildman–Crippen MR) is 64.4 cm³/mol. The molecule has 0 saturated heterocycles. The molecule has 0 N–H and O–H groups in total. The molecule has 0 amide bonds. The quantitative estimate of drug-likeness (QED) is 0.316. The number of unbranched alkanes of at least 4 members (excludes halogenated alkanes) is 1. The SMILES string of the molecule is O=C/C=C/CC/C=C/C(=O)c1ccccc1. The fourth-order valence-corrected chi connectivity index (χ4v) is 1.23. The van der Waals surface area contributed by atoms with Gasteiger partial charge in [-0.25, -0.2) is 0 Å². The summed E-state index contributed by atoms with van der Waals surface area (Å²) in [5.74, 6) is 0.0139. The maximum Gasteiger partial charge on any atom is 0.185 e. The van der Waals surface area contributed by atoms with E-state index in [9.17, 15) is 9.59 Å². The summed E-state index contributed by atoms with van der Waals surface area (Å²) < 4.78 is 0. The second-order valence-electron chi connectivity index (χ2n) is 3.27. The number of hydrogen-bond acceptors (Lipinski definition) is 2. The van der Waals surface area contributed by atoms with Gasteiger partial charge in [-0.3, -0.25) is 9.59 Å². The summed E-state index contributed by atoms with van der Waals surface area (Å²) in [6, 6.07) is 9.14. The molecule has 2 nitrogen and oxygen atoms in total. The van der Waals surface area contributed by atoms with Gasteiger partial charge in [0.2, 0.25) is 0 Å². The average Bonchev–Trinajstić information content (AvgIpc) is 2.34. The molecule has 0 aliphatic rings. The summed E-state index contributed by atoms with van der Waals surface area (Å²) in [4.78, 5) is 21.5. The van der Waals surface area contributed by atoms with Crippen LogP contribution in [0.4, 0.5) is 0 Å². The largest absolute Gasteiger partial charge is 0.299 e. The van der Waals surface area contributed by atoms with Crippen LogP contribution in [0.25, 0.3) is 0 Å². The minimum atomic E-state index is 0.0139. The van der Waals surface area contributed by atoms with Gasteiger partial charge >= 0.3 is 0 Å². The van der Waals surface area contributed by atoms with Gasteiger partial charge in [0.1, 0.15) is 6.29 Å². The lowest BCUT2D eigenvalue weighted by Gasteiger charge is -1.93. The number of benzene rings is 1. The Bertz CT molecular complexity index is 388. The predicted octanol–water partition coefficient (Wildman–Crippen LogP) is 2.96. The lowest BCUT2D eigenvalue weighted by molar-refractivity contribution is -0.104. The summed E-state index contributed by atoms with van der Waals surface area (Å²) in [5.41, 5.74) is 0.696. The Labute approximate surface area is 95.3 Å². The standard InChI is InChI=1S/C14H14O2/c15-12-8-3-1-2-7-11-14(16)13-9-5-4-6-10-13/h3-12H,1-2H2/b8-3+,11-7+. The topological polar surface area (TPSA) is 34.1 Å². The number of carbonyl (C=O) groups excluding carboxylic acids is 2. The maximum absolute atomic E-state index is 11.6. The van der Waals surface area contributed by atoms with E-state index in [0.717, 1.165) is 19.1 Å². The van der Waals surface area contributed by atoms with Gasteiger partial charge in [0, 0.05) is 5.56 Å². The molecule has 1 rings (SSSR count). The zero-order valence-corrected chi connectivity index (χ0v) is 9.00. The molecule has 0 heterocycles. The maximum atomic E-state index is 11.6. The number of aldehydes is 1. The van der Waals surface area contributed by atoms with Crippen LogP contribution >= 0.6 is 0 Å². The van der Waals surface area contributed by atoms with E-state index in [1.54, 1.807) is 24.3 Å². The minimum absolute atomic E-state index is 0.0139. The molecule has 0 atom stereocenters. The number of hydrogen-bond donors (Lipinski definition) is 0. The lowest BCUT2D eigenvalue weighted by Crippen LogP contribution is -1.92. The van der Waals surface area contributed by atoms with Gasteiger partial charge in [-0.2, -0.15) is 0 Å². The summed E-state index contributed by atoms with van der Waals surface area (Å²) in [7, 11) is 0. The van der Waals surface area contributed by atoms with Gasteiger partial charge in [-0.1, -0.05) is 42.5 Å². The van der Waals surface area contributed by atoms with Gasteiger partial charge < -0.3 is 0 Å². The van der Waals surface area contributed by atoms with E-state index in [1.807, 2.05) is 24.3 Å². The highest BCUT2D eigenvalue weighted by Crippen LogP contribution is 2.02. The highest BCUT2D eigenvalue weighted by molar-refractivity contribution is 6.04. The molecule has 0 aromatic heterocycles. The number of carbonyl (C=O) groups is 2. The second kappa shape index (κ2) is 7.35. The molecule has 16 heavy (non-hydrogen) atoms. The van der Waals surface area contributed by atoms with Crippen LogP contribution in [-0.2, 0) is 4.79 Å².